The molecule has 1 saturated carbocycles. The summed E-state index contributed by atoms with van der Waals surface area (Å²) in [5.41, 5.74) is 1.22. The van der Waals surface area contributed by atoms with Gasteiger partial charge in [0.05, 0.1) is 32.0 Å². The smallest absolute Gasteiger partial charge is 0.270 e. The number of nitrogens with zero attached hydrogens (tertiary/aromatic N) is 2. The third kappa shape index (κ3) is 6.28. The van der Waals surface area contributed by atoms with Gasteiger partial charge in [-0.2, -0.15) is 0 Å². The standard InChI is InChI=1S/C22H34FN3O4/c1-15(2)19(14-29-10-4-9-23)24-21(27)18-7-8-20(26-11-17(12-26)28-3)22(25-18)30-13-16-5-6-16/h7-8,15-17,19H,4-6,9-14H2,1-3H3,(H,24,27). The number of aromatic nitrogens is 1. The fourth-order valence-corrected chi connectivity index (χ4v) is 3.18. The van der Waals surface area contributed by atoms with Gasteiger partial charge in [-0.05, 0) is 43.2 Å². The fourth-order valence-electron chi connectivity index (χ4n) is 3.18. The molecule has 3 rings (SSSR count). The highest BCUT2D eigenvalue weighted by molar-refractivity contribution is 5.93. The van der Waals surface area contributed by atoms with E-state index in [4.69, 9.17) is 14.2 Å². The molecule has 30 heavy (non-hydrogen) atoms. The maximum absolute atomic E-state index is 12.8. The van der Waals surface area contributed by atoms with Gasteiger partial charge in [0.25, 0.3) is 5.91 Å². The van der Waals surface area contributed by atoms with Gasteiger partial charge in [-0.15, -0.1) is 0 Å². The Balaban J connectivity index is 1.65. The van der Waals surface area contributed by atoms with Crippen LogP contribution in [0.15, 0.2) is 12.1 Å². The molecular formula is C22H34FN3O4. The van der Waals surface area contributed by atoms with Crippen molar-refractivity contribution in [1.82, 2.24) is 10.3 Å². The minimum Gasteiger partial charge on any atom is -0.476 e. The lowest BCUT2D eigenvalue weighted by atomic mass is 10.1. The van der Waals surface area contributed by atoms with E-state index in [1.54, 1.807) is 13.2 Å². The minimum atomic E-state index is -0.402. The lowest BCUT2D eigenvalue weighted by Gasteiger charge is -2.40. The normalized spacial score (nSPS) is 17.7. The minimum absolute atomic E-state index is 0.174. The first-order valence-corrected chi connectivity index (χ1v) is 10.9. The fraction of sp³-hybridized carbons (Fsp3) is 0.727. The van der Waals surface area contributed by atoms with Crippen LogP contribution in [0.2, 0.25) is 0 Å². The van der Waals surface area contributed by atoms with E-state index in [2.05, 4.69) is 15.2 Å². The van der Waals surface area contributed by atoms with Gasteiger partial charge >= 0.3 is 0 Å². The zero-order valence-electron chi connectivity index (χ0n) is 18.2. The molecule has 2 heterocycles. The van der Waals surface area contributed by atoms with Crippen molar-refractivity contribution in [3.05, 3.63) is 17.8 Å². The van der Waals surface area contributed by atoms with E-state index in [1.165, 1.54) is 12.8 Å². The number of carbonyl (C=O) groups is 1. The predicted octanol–water partition coefficient (Wildman–Crippen LogP) is 2.84. The monoisotopic (exact) mass is 423 g/mol. The van der Waals surface area contributed by atoms with Crippen LogP contribution in [-0.4, -0.2) is 69.7 Å². The van der Waals surface area contributed by atoms with Crippen LogP contribution in [0.1, 0.15) is 43.6 Å². The quantitative estimate of drug-likeness (QED) is 0.492. The molecule has 0 aromatic carbocycles. The van der Waals surface area contributed by atoms with E-state index in [-0.39, 0.29) is 24.0 Å². The first-order valence-electron chi connectivity index (χ1n) is 10.9. The summed E-state index contributed by atoms with van der Waals surface area (Å²) in [6, 6.07) is 3.46. The van der Waals surface area contributed by atoms with Crippen molar-refractivity contribution in [3.63, 3.8) is 0 Å². The number of nitrogens with one attached hydrogen (secondary N) is 1. The van der Waals surface area contributed by atoms with Crippen molar-refractivity contribution < 1.29 is 23.4 Å². The van der Waals surface area contributed by atoms with Crippen LogP contribution in [0, 0.1) is 11.8 Å². The van der Waals surface area contributed by atoms with E-state index < -0.39 is 6.67 Å². The SMILES string of the molecule is COC1CN(c2ccc(C(=O)NC(COCCCF)C(C)C)nc2OCC2CC2)C1. The molecule has 0 spiro atoms. The average Bonchev–Trinajstić information content (AvgIpc) is 3.52. The number of methoxy groups -OCH3 is 1. The molecule has 1 aromatic rings. The molecule has 1 saturated heterocycles. The highest BCUT2D eigenvalue weighted by Crippen LogP contribution is 2.34. The third-order valence-electron chi connectivity index (χ3n) is 5.59. The number of rotatable bonds is 13. The number of anilines is 1. The Bertz CT molecular complexity index is 693. The van der Waals surface area contributed by atoms with Crippen molar-refractivity contribution >= 4 is 11.6 Å². The number of alkyl halides is 1. The van der Waals surface area contributed by atoms with Crippen molar-refractivity contribution in [3.8, 4) is 5.88 Å². The number of amides is 1. The second-order valence-electron chi connectivity index (χ2n) is 8.48. The van der Waals surface area contributed by atoms with Crippen LogP contribution >= 0.6 is 0 Å². The van der Waals surface area contributed by atoms with Crippen LogP contribution < -0.4 is 15.0 Å². The summed E-state index contributed by atoms with van der Waals surface area (Å²) >= 11 is 0. The van der Waals surface area contributed by atoms with E-state index >= 15 is 0 Å². The van der Waals surface area contributed by atoms with Crippen molar-refractivity contribution in [1.29, 1.82) is 0 Å². The molecule has 1 aromatic heterocycles. The number of carbonyl (C=O) groups excluding carboxylic acids is 1. The summed E-state index contributed by atoms with van der Waals surface area (Å²) in [5, 5.41) is 3.00. The van der Waals surface area contributed by atoms with Gasteiger partial charge < -0.3 is 24.4 Å². The molecule has 2 fully saturated rings. The van der Waals surface area contributed by atoms with E-state index in [9.17, 15) is 9.18 Å². The summed E-state index contributed by atoms with van der Waals surface area (Å²) in [6.07, 6.45) is 2.95. The highest BCUT2D eigenvalue weighted by atomic mass is 19.1. The van der Waals surface area contributed by atoms with E-state index in [0.717, 1.165) is 18.8 Å². The van der Waals surface area contributed by atoms with Gasteiger partial charge in [0.2, 0.25) is 5.88 Å². The van der Waals surface area contributed by atoms with Gasteiger partial charge in [0.15, 0.2) is 0 Å². The summed E-state index contributed by atoms with van der Waals surface area (Å²) in [7, 11) is 1.71. The first-order chi connectivity index (χ1) is 14.5. The van der Waals surface area contributed by atoms with Crippen LogP contribution in [0.4, 0.5) is 10.1 Å². The van der Waals surface area contributed by atoms with Crippen LogP contribution in [0.5, 0.6) is 5.88 Å². The summed E-state index contributed by atoms with van der Waals surface area (Å²) in [4.78, 5) is 19.5. The number of ether oxygens (including phenoxy) is 3. The molecule has 8 heteroatoms. The van der Waals surface area contributed by atoms with E-state index in [0.29, 0.717) is 43.7 Å². The maximum Gasteiger partial charge on any atom is 0.270 e. The number of halogens is 1. The van der Waals surface area contributed by atoms with Gasteiger partial charge in [0, 0.05) is 26.8 Å². The van der Waals surface area contributed by atoms with Gasteiger partial charge in [-0.25, -0.2) is 4.98 Å². The molecule has 1 amide bonds. The summed E-state index contributed by atoms with van der Waals surface area (Å²) < 4.78 is 29.1. The number of pyridine rings is 1. The first kappa shape index (κ1) is 22.7. The second-order valence-corrected chi connectivity index (χ2v) is 8.48. The van der Waals surface area contributed by atoms with Crippen molar-refractivity contribution in [2.24, 2.45) is 11.8 Å². The lowest BCUT2D eigenvalue weighted by molar-refractivity contribution is 0.0750. The number of hydrogen-bond acceptors (Lipinski definition) is 6. The molecule has 1 aliphatic carbocycles. The van der Waals surface area contributed by atoms with Crippen LogP contribution in [-0.2, 0) is 9.47 Å². The molecule has 1 N–H and O–H groups in total. The molecule has 0 radical (unpaired) electrons. The zero-order valence-corrected chi connectivity index (χ0v) is 18.2. The third-order valence-corrected chi connectivity index (χ3v) is 5.59. The average molecular weight is 424 g/mol. The maximum atomic E-state index is 12.8. The Labute approximate surface area is 178 Å². The van der Waals surface area contributed by atoms with Crippen molar-refractivity contribution in [2.75, 3.05) is 51.6 Å². The van der Waals surface area contributed by atoms with Crippen LogP contribution in [0.25, 0.3) is 0 Å². The largest absolute Gasteiger partial charge is 0.476 e. The van der Waals surface area contributed by atoms with E-state index in [1.807, 2.05) is 19.9 Å². The molecular weight excluding hydrogens is 389 g/mol. The Hall–Kier alpha value is -1.93. The Morgan fingerprint density at radius 1 is 1.33 bits per heavy atom. The summed E-state index contributed by atoms with van der Waals surface area (Å²) in [6.45, 7) is 6.52. The van der Waals surface area contributed by atoms with Gasteiger partial charge in [-0.1, -0.05) is 13.8 Å². The molecule has 7 nitrogen and oxygen atoms in total. The predicted molar refractivity (Wildman–Crippen MR) is 113 cm³/mol. The molecule has 2 aliphatic rings. The lowest BCUT2D eigenvalue weighted by Crippen LogP contribution is -2.52. The molecule has 1 atom stereocenters. The zero-order chi connectivity index (χ0) is 21.5. The van der Waals surface area contributed by atoms with Crippen molar-refractivity contribution in [2.45, 2.75) is 45.3 Å². The second kappa shape index (κ2) is 10.9. The Morgan fingerprint density at radius 2 is 2.10 bits per heavy atom. The molecule has 168 valence electrons. The topological polar surface area (TPSA) is 72.9 Å². The highest BCUT2D eigenvalue weighted by Gasteiger charge is 2.31. The molecule has 1 unspecified atom stereocenters. The number of hydrogen-bond donors (Lipinski definition) is 1. The van der Waals surface area contributed by atoms with Gasteiger partial charge in [-0.3, -0.25) is 9.18 Å². The van der Waals surface area contributed by atoms with Crippen LogP contribution in [0.3, 0.4) is 0 Å². The molecule has 1 aliphatic heterocycles. The Morgan fingerprint density at radius 3 is 2.73 bits per heavy atom. The van der Waals surface area contributed by atoms with Gasteiger partial charge in [0.1, 0.15) is 11.4 Å². The Kier molecular flexibility index (Phi) is 8.27. The summed E-state index contributed by atoms with van der Waals surface area (Å²) in [5.74, 6) is 1.01. The molecule has 0 bridgehead atoms.